The quantitative estimate of drug-likeness (QED) is 0.796. The summed E-state index contributed by atoms with van der Waals surface area (Å²) in [6.07, 6.45) is 0. The third-order valence-electron chi connectivity index (χ3n) is 3.57. The van der Waals surface area contributed by atoms with Crippen molar-refractivity contribution in [1.29, 1.82) is 0 Å². The molecule has 120 valence electrons. The van der Waals surface area contributed by atoms with Crippen LogP contribution >= 0.6 is 0 Å². The van der Waals surface area contributed by atoms with E-state index in [1.54, 1.807) is 36.4 Å². The molecule has 0 amide bonds. The summed E-state index contributed by atoms with van der Waals surface area (Å²) in [5.41, 5.74) is 2.31. The highest BCUT2D eigenvalue weighted by atomic mass is 32.2. The molecule has 0 spiro atoms. The van der Waals surface area contributed by atoms with Gasteiger partial charge in [-0.15, -0.1) is 0 Å². The normalized spacial score (nSPS) is 11.7. The summed E-state index contributed by atoms with van der Waals surface area (Å²) < 4.78 is 33.8. The van der Waals surface area contributed by atoms with Crippen LogP contribution in [0.3, 0.4) is 0 Å². The largest absolute Gasteiger partial charge is 0.419 e. The Kier molecular flexibility index (Phi) is 3.73. The number of nitrogens with zero attached hydrogens (tertiary/aromatic N) is 1. The average Bonchev–Trinajstić information content (AvgIpc) is 2.81. The van der Waals surface area contributed by atoms with E-state index in [0.717, 1.165) is 5.56 Å². The molecule has 3 aromatic rings. The maximum atomic E-state index is 12.4. The molecule has 1 N–H and O–H groups in total. The SMILES string of the molecule is CCn1c(=O)oc2cc(NS(=O)(=O)c3ccc(C)cc3)ccc21. The molecule has 1 heterocycles. The Balaban J connectivity index is 1.98. The Hall–Kier alpha value is -2.54. The topological polar surface area (TPSA) is 81.3 Å². The zero-order chi connectivity index (χ0) is 16.6. The van der Waals surface area contributed by atoms with Crippen LogP contribution in [0.1, 0.15) is 12.5 Å². The van der Waals surface area contributed by atoms with Crippen LogP contribution in [0.2, 0.25) is 0 Å². The van der Waals surface area contributed by atoms with E-state index in [0.29, 0.717) is 23.3 Å². The van der Waals surface area contributed by atoms with Gasteiger partial charge in [0.15, 0.2) is 5.58 Å². The van der Waals surface area contributed by atoms with Gasteiger partial charge in [-0.2, -0.15) is 0 Å². The first kappa shape index (κ1) is 15.4. The van der Waals surface area contributed by atoms with E-state index in [1.807, 2.05) is 13.8 Å². The van der Waals surface area contributed by atoms with Crippen LogP contribution in [-0.2, 0) is 16.6 Å². The molecule has 0 unspecified atom stereocenters. The first-order valence-corrected chi connectivity index (χ1v) is 8.62. The van der Waals surface area contributed by atoms with Crippen molar-refractivity contribution in [3.05, 3.63) is 58.6 Å². The molecule has 0 aliphatic rings. The highest BCUT2D eigenvalue weighted by Crippen LogP contribution is 2.21. The third-order valence-corrected chi connectivity index (χ3v) is 4.97. The van der Waals surface area contributed by atoms with Gasteiger partial charge in [0.1, 0.15) is 0 Å². The number of hydrogen-bond donors (Lipinski definition) is 1. The molecule has 7 heteroatoms. The molecular formula is C16H16N2O4S. The van der Waals surface area contributed by atoms with Gasteiger partial charge in [-0.3, -0.25) is 9.29 Å². The van der Waals surface area contributed by atoms with Gasteiger partial charge in [-0.05, 0) is 38.1 Å². The number of benzene rings is 2. The lowest BCUT2D eigenvalue weighted by Gasteiger charge is -2.08. The van der Waals surface area contributed by atoms with Gasteiger partial charge in [0, 0.05) is 12.6 Å². The summed E-state index contributed by atoms with van der Waals surface area (Å²) in [5, 5.41) is 0. The number of hydrogen-bond acceptors (Lipinski definition) is 4. The first-order chi connectivity index (χ1) is 10.9. The van der Waals surface area contributed by atoms with Gasteiger partial charge in [-0.25, -0.2) is 13.2 Å². The molecule has 0 radical (unpaired) electrons. The molecule has 3 rings (SSSR count). The number of oxazole rings is 1. The molecule has 0 aliphatic carbocycles. The molecule has 0 bridgehead atoms. The number of aromatic nitrogens is 1. The van der Waals surface area contributed by atoms with E-state index in [1.165, 1.54) is 10.6 Å². The monoisotopic (exact) mass is 332 g/mol. The van der Waals surface area contributed by atoms with E-state index >= 15 is 0 Å². The maximum Gasteiger partial charge on any atom is 0.419 e. The second-order valence-electron chi connectivity index (χ2n) is 5.21. The Bertz CT molecular complexity index is 1010. The number of aryl methyl sites for hydroxylation is 2. The average molecular weight is 332 g/mol. The number of anilines is 1. The van der Waals surface area contributed by atoms with Gasteiger partial charge in [0.2, 0.25) is 0 Å². The molecule has 2 aromatic carbocycles. The third kappa shape index (κ3) is 2.87. The van der Waals surface area contributed by atoms with Crippen molar-refractivity contribution in [2.45, 2.75) is 25.3 Å². The van der Waals surface area contributed by atoms with Crippen LogP contribution in [0.15, 0.2) is 56.6 Å². The highest BCUT2D eigenvalue weighted by molar-refractivity contribution is 7.92. The number of nitrogens with one attached hydrogen (secondary N) is 1. The molecule has 0 saturated carbocycles. The summed E-state index contributed by atoms with van der Waals surface area (Å²) in [4.78, 5) is 11.9. The highest BCUT2D eigenvalue weighted by Gasteiger charge is 2.15. The minimum atomic E-state index is -3.68. The second kappa shape index (κ2) is 5.58. The Labute approximate surface area is 133 Å². The lowest BCUT2D eigenvalue weighted by molar-refractivity contribution is 0.513. The number of sulfonamides is 1. The van der Waals surface area contributed by atoms with Gasteiger partial charge in [0.25, 0.3) is 10.0 Å². The Morgan fingerprint density at radius 3 is 2.48 bits per heavy atom. The smallest absolute Gasteiger partial charge is 0.408 e. The van der Waals surface area contributed by atoms with Crippen molar-refractivity contribution in [2.75, 3.05) is 4.72 Å². The zero-order valence-electron chi connectivity index (χ0n) is 12.7. The van der Waals surface area contributed by atoms with Crippen molar-refractivity contribution >= 4 is 26.8 Å². The predicted octanol–water partition coefficient (Wildman–Crippen LogP) is 2.72. The van der Waals surface area contributed by atoms with E-state index in [2.05, 4.69) is 4.72 Å². The molecule has 23 heavy (non-hydrogen) atoms. The Morgan fingerprint density at radius 1 is 1.13 bits per heavy atom. The summed E-state index contributed by atoms with van der Waals surface area (Å²) >= 11 is 0. The maximum absolute atomic E-state index is 12.4. The minimum absolute atomic E-state index is 0.177. The summed E-state index contributed by atoms with van der Waals surface area (Å²) in [7, 11) is -3.68. The summed E-state index contributed by atoms with van der Waals surface area (Å²) in [6.45, 7) is 4.21. The first-order valence-electron chi connectivity index (χ1n) is 7.13. The fraction of sp³-hybridized carbons (Fsp3) is 0.188. The Morgan fingerprint density at radius 2 is 1.83 bits per heavy atom. The number of rotatable bonds is 4. The van der Waals surface area contributed by atoms with Gasteiger partial charge < -0.3 is 4.42 Å². The molecule has 0 atom stereocenters. The van der Waals surface area contributed by atoms with Crippen molar-refractivity contribution in [2.24, 2.45) is 0 Å². The van der Waals surface area contributed by atoms with E-state index in [-0.39, 0.29) is 4.90 Å². The summed E-state index contributed by atoms with van der Waals surface area (Å²) in [6, 6.07) is 11.3. The second-order valence-corrected chi connectivity index (χ2v) is 6.90. The number of fused-ring (bicyclic) bond motifs is 1. The van der Waals surface area contributed by atoms with E-state index in [9.17, 15) is 13.2 Å². The molecule has 0 fully saturated rings. The molecule has 0 saturated heterocycles. The fourth-order valence-electron chi connectivity index (χ4n) is 2.36. The van der Waals surface area contributed by atoms with Crippen LogP contribution in [0.5, 0.6) is 0 Å². The van der Waals surface area contributed by atoms with Gasteiger partial charge in [-0.1, -0.05) is 17.7 Å². The van der Waals surface area contributed by atoms with Gasteiger partial charge >= 0.3 is 5.76 Å². The predicted molar refractivity (Wildman–Crippen MR) is 88.1 cm³/mol. The van der Waals surface area contributed by atoms with Crippen LogP contribution in [0.25, 0.3) is 11.1 Å². The summed E-state index contributed by atoms with van der Waals surface area (Å²) in [5.74, 6) is -0.457. The van der Waals surface area contributed by atoms with Crippen molar-refractivity contribution in [3.63, 3.8) is 0 Å². The lowest BCUT2D eigenvalue weighted by Crippen LogP contribution is -2.13. The molecule has 1 aromatic heterocycles. The fourth-order valence-corrected chi connectivity index (χ4v) is 3.41. The van der Waals surface area contributed by atoms with Crippen molar-refractivity contribution in [3.8, 4) is 0 Å². The zero-order valence-corrected chi connectivity index (χ0v) is 13.6. The molecule has 6 nitrogen and oxygen atoms in total. The van der Waals surface area contributed by atoms with Crippen molar-refractivity contribution in [1.82, 2.24) is 4.57 Å². The molecular weight excluding hydrogens is 316 g/mol. The van der Waals surface area contributed by atoms with Crippen LogP contribution in [0, 0.1) is 6.92 Å². The minimum Gasteiger partial charge on any atom is -0.408 e. The van der Waals surface area contributed by atoms with Crippen LogP contribution in [0.4, 0.5) is 5.69 Å². The van der Waals surface area contributed by atoms with E-state index in [4.69, 9.17) is 4.42 Å². The van der Waals surface area contributed by atoms with Gasteiger partial charge in [0.05, 0.1) is 16.1 Å². The lowest BCUT2D eigenvalue weighted by atomic mass is 10.2. The van der Waals surface area contributed by atoms with E-state index < -0.39 is 15.8 Å². The molecule has 0 aliphatic heterocycles. The van der Waals surface area contributed by atoms with Crippen LogP contribution < -0.4 is 10.5 Å². The standard InChI is InChI=1S/C16H16N2O4S/c1-3-18-14-9-6-12(10-15(14)22-16(18)19)17-23(20,21)13-7-4-11(2)5-8-13/h4-10,17H,3H2,1-2H3. The van der Waals surface area contributed by atoms with Crippen LogP contribution in [-0.4, -0.2) is 13.0 Å². The van der Waals surface area contributed by atoms with Crippen molar-refractivity contribution < 1.29 is 12.8 Å².